The van der Waals surface area contributed by atoms with Crippen LogP contribution in [0.15, 0.2) is 206 Å². The smallest absolute Gasteiger partial charge is 0.0468 e. The second kappa shape index (κ2) is 14.5. The number of rotatable bonds is 6. The molecule has 60 heavy (non-hydrogen) atoms. The molecular formula is C57H39NS2. The molecule has 0 aliphatic heterocycles. The Morgan fingerprint density at radius 3 is 1.83 bits per heavy atom. The molecule has 0 fully saturated rings. The van der Waals surface area contributed by atoms with Gasteiger partial charge in [0, 0.05) is 63.3 Å². The number of nitrogens with zero attached hydrogens (tertiary/aromatic N) is 1. The lowest BCUT2D eigenvalue weighted by Crippen LogP contribution is -2.09. The Morgan fingerprint density at radius 2 is 1.02 bits per heavy atom. The third-order valence-electron chi connectivity index (χ3n) is 12.5. The van der Waals surface area contributed by atoms with E-state index in [4.69, 9.17) is 0 Å². The van der Waals surface area contributed by atoms with Gasteiger partial charge < -0.3 is 4.90 Å². The maximum Gasteiger partial charge on any atom is 0.0468 e. The molecule has 0 radical (unpaired) electrons. The van der Waals surface area contributed by atoms with Gasteiger partial charge in [-0.3, -0.25) is 0 Å². The summed E-state index contributed by atoms with van der Waals surface area (Å²) in [6.07, 6.45) is 2.08. The highest BCUT2D eigenvalue weighted by Gasteiger charge is 2.26. The first-order chi connectivity index (χ1) is 29.7. The van der Waals surface area contributed by atoms with E-state index in [1.165, 1.54) is 90.4 Å². The highest BCUT2D eigenvalue weighted by molar-refractivity contribution is 7.26. The van der Waals surface area contributed by atoms with E-state index in [9.17, 15) is 0 Å². The van der Waals surface area contributed by atoms with Crippen LogP contribution >= 0.6 is 22.7 Å². The third kappa shape index (κ3) is 5.96. The predicted molar refractivity (Wildman–Crippen MR) is 260 cm³/mol. The van der Waals surface area contributed by atoms with Crippen molar-refractivity contribution in [3.63, 3.8) is 0 Å². The van der Waals surface area contributed by atoms with E-state index in [1.807, 2.05) is 22.7 Å². The molecule has 1 aliphatic carbocycles. The topological polar surface area (TPSA) is 3.24 Å². The summed E-state index contributed by atoms with van der Waals surface area (Å²) in [5, 5.41) is 5.29. The predicted octanol–water partition coefficient (Wildman–Crippen LogP) is 17.0. The van der Waals surface area contributed by atoms with E-state index < -0.39 is 0 Å². The summed E-state index contributed by atoms with van der Waals surface area (Å²) in [6, 6.07) is 76.8. The van der Waals surface area contributed by atoms with Gasteiger partial charge in [-0.05, 0) is 136 Å². The first kappa shape index (κ1) is 35.2. The molecule has 1 atom stereocenters. The van der Waals surface area contributed by atoms with Gasteiger partial charge in [0.25, 0.3) is 0 Å². The van der Waals surface area contributed by atoms with Crippen molar-refractivity contribution in [1.29, 1.82) is 0 Å². The average Bonchev–Trinajstić information content (AvgIpc) is 3.83. The zero-order valence-corrected chi connectivity index (χ0v) is 34.5. The van der Waals surface area contributed by atoms with Crippen molar-refractivity contribution in [3.8, 4) is 33.4 Å². The molecule has 0 spiro atoms. The monoisotopic (exact) mass is 801 g/mol. The number of aryl methyl sites for hydroxylation is 1. The fraction of sp³-hybridized carbons (Fsp3) is 0.0526. The molecule has 0 N–H and O–H groups in total. The molecule has 2 heterocycles. The Balaban J connectivity index is 1.01. The van der Waals surface area contributed by atoms with E-state index >= 15 is 0 Å². The molecule has 9 aromatic carbocycles. The second-order valence-corrected chi connectivity index (χ2v) is 18.1. The van der Waals surface area contributed by atoms with Crippen LogP contribution in [-0.4, -0.2) is 0 Å². The third-order valence-corrected chi connectivity index (χ3v) is 14.9. The van der Waals surface area contributed by atoms with E-state index in [0.29, 0.717) is 0 Å². The SMILES string of the molecule is c1ccc(-c2ccc3c(c2)-c2ccccc2CCC3c2cc(-c3ccc(N(c4ccccc4)c4ccc5sc6ccccc6c5c4)cc3)c3sc4ccccc4c3c2)cc1. The summed E-state index contributed by atoms with van der Waals surface area (Å²) >= 11 is 3.78. The Morgan fingerprint density at radius 1 is 0.383 bits per heavy atom. The minimum absolute atomic E-state index is 0.245. The molecule has 3 heteroatoms. The Bertz CT molecular complexity index is 3380. The first-order valence-corrected chi connectivity index (χ1v) is 22.5. The number of para-hydroxylation sites is 1. The van der Waals surface area contributed by atoms with Gasteiger partial charge in [0.15, 0.2) is 0 Å². The first-order valence-electron chi connectivity index (χ1n) is 20.8. The van der Waals surface area contributed by atoms with Gasteiger partial charge in [-0.2, -0.15) is 0 Å². The van der Waals surface area contributed by atoms with Gasteiger partial charge in [-0.1, -0.05) is 133 Å². The standard InChI is InChI=1S/C57H39NS2/c1-3-13-37(14-4-1)40-26-31-47-46(30-25-38-15-7-8-18-45(38)51(47)33-40)41-34-50(57-53(35-41)49-20-10-12-22-55(49)60-57)39-23-27-43(28-24-39)58(42-16-5-2-6-17-42)44-29-32-56-52(36-44)48-19-9-11-21-54(48)59-56/h1-24,26-29,31-36,46H,25,30H2. The van der Waals surface area contributed by atoms with Crippen LogP contribution in [0.1, 0.15) is 29.0 Å². The highest BCUT2D eigenvalue weighted by atomic mass is 32.1. The van der Waals surface area contributed by atoms with Crippen molar-refractivity contribution in [2.24, 2.45) is 0 Å². The van der Waals surface area contributed by atoms with Gasteiger partial charge in [-0.15, -0.1) is 22.7 Å². The van der Waals surface area contributed by atoms with Crippen LogP contribution in [0.25, 0.3) is 73.7 Å². The van der Waals surface area contributed by atoms with Crippen LogP contribution in [0.2, 0.25) is 0 Å². The Kier molecular flexibility index (Phi) is 8.50. The van der Waals surface area contributed by atoms with Gasteiger partial charge in [0.2, 0.25) is 0 Å². The van der Waals surface area contributed by atoms with Crippen molar-refractivity contribution in [3.05, 3.63) is 223 Å². The summed E-state index contributed by atoms with van der Waals surface area (Å²) in [5.74, 6) is 0.245. The van der Waals surface area contributed by atoms with Crippen LogP contribution in [0, 0.1) is 0 Å². The maximum atomic E-state index is 2.52. The number of thiophene rings is 2. The molecule has 284 valence electrons. The number of hydrogen-bond donors (Lipinski definition) is 0. The van der Waals surface area contributed by atoms with E-state index in [-0.39, 0.29) is 5.92 Å². The number of fused-ring (bicyclic) bond motifs is 9. The van der Waals surface area contributed by atoms with Crippen LogP contribution in [0.3, 0.4) is 0 Å². The Labute approximate surface area is 358 Å². The van der Waals surface area contributed by atoms with Crippen LogP contribution < -0.4 is 4.90 Å². The minimum Gasteiger partial charge on any atom is -0.310 e. The quantitative estimate of drug-likeness (QED) is 0.162. The normalized spacial score (nSPS) is 13.7. The van der Waals surface area contributed by atoms with Crippen LogP contribution in [0.4, 0.5) is 17.1 Å². The number of benzene rings is 9. The zero-order chi connectivity index (χ0) is 39.6. The second-order valence-electron chi connectivity index (χ2n) is 16.0. The van der Waals surface area contributed by atoms with E-state index in [2.05, 4.69) is 211 Å². The lowest BCUT2D eigenvalue weighted by Gasteiger charge is -2.26. The fourth-order valence-electron chi connectivity index (χ4n) is 9.64. The number of anilines is 3. The van der Waals surface area contributed by atoms with Crippen molar-refractivity contribution in [1.82, 2.24) is 0 Å². The van der Waals surface area contributed by atoms with Crippen LogP contribution in [0.5, 0.6) is 0 Å². The molecule has 1 unspecified atom stereocenters. The molecule has 0 amide bonds. The average molecular weight is 802 g/mol. The lowest BCUT2D eigenvalue weighted by atomic mass is 9.83. The largest absolute Gasteiger partial charge is 0.310 e. The summed E-state index contributed by atoms with van der Waals surface area (Å²) in [7, 11) is 0. The van der Waals surface area contributed by atoms with Crippen molar-refractivity contribution in [2.75, 3.05) is 4.90 Å². The minimum atomic E-state index is 0.245. The Hall–Kier alpha value is -6.78. The van der Waals surface area contributed by atoms with E-state index in [0.717, 1.165) is 29.9 Å². The van der Waals surface area contributed by atoms with E-state index in [1.54, 1.807) is 0 Å². The molecule has 2 aromatic heterocycles. The summed E-state index contributed by atoms with van der Waals surface area (Å²) in [6.45, 7) is 0. The van der Waals surface area contributed by atoms with Gasteiger partial charge in [0.1, 0.15) is 0 Å². The summed E-state index contributed by atoms with van der Waals surface area (Å²) in [5.41, 5.74) is 15.4. The van der Waals surface area contributed by atoms with Gasteiger partial charge in [0.05, 0.1) is 0 Å². The maximum absolute atomic E-state index is 2.52. The lowest BCUT2D eigenvalue weighted by molar-refractivity contribution is 0.727. The zero-order valence-electron chi connectivity index (χ0n) is 32.9. The molecule has 12 rings (SSSR count). The molecule has 1 aliphatic rings. The van der Waals surface area contributed by atoms with Crippen molar-refractivity contribution >= 4 is 80.1 Å². The molecule has 0 saturated carbocycles. The summed E-state index contributed by atoms with van der Waals surface area (Å²) < 4.78 is 5.31. The van der Waals surface area contributed by atoms with Crippen molar-refractivity contribution < 1.29 is 0 Å². The number of hydrogen-bond acceptors (Lipinski definition) is 3. The molecular weight excluding hydrogens is 763 g/mol. The summed E-state index contributed by atoms with van der Waals surface area (Å²) in [4.78, 5) is 2.39. The molecule has 11 aromatic rings. The highest BCUT2D eigenvalue weighted by Crippen LogP contribution is 2.48. The van der Waals surface area contributed by atoms with Crippen molar-refractivity contribution in [2.45, 2.75) is 18.8 Å². The van der Waals surface area contributed by atoms with Gasteiger partial charge >= 0.3 is 0 Å². The fourth-order valence-corrected chi connectivity index (χ4v) is 11.9. The van der Waals surface area contributed by atoms with Crippen LogP contribution in [-0.2, 0) is 6.42 Å². The molecule has 0 saturated heterocycles. The van der Waals surface area contributed by atoms with Gasteiger partial charge in [-0.25, -0.2) is 0 Å². The molecule has 0 bridgehead atoms. The molecule has 1 nitrogen and oxygen atoms in total.